The van der Waals surface area contributed by atoms with Crippen LogP contribution in [0.3, 0.4) is 0 Å². The smallest absolute Gasteiger partial charge is 0.326 e. The number of nitrogens with two attached hydrogens (primary N) is 1. The molecule has 0 saturated carbocycles. The second-order valence-corrected chi connectivity index (χ2v) is 9.00. The normalized spacial score (nSPS) is 14.8. The number of hydrogen-bond donors (Lipinski definition) is 7. The van der Waals surface area contributed by atoms with Gasteiger partial charge in [0.15, 0.2) is 0 Å². The molecule has 1 aromatic heterocycles. The monoisotopic (exact) mass is 530 g/mol. The molecule has 0 aliphatic carbocycles. The van der Waals surface area contributed by atoms with Gasteiger partial charge in [-0.15, -0.1) is 0 Å². The summed E-state index contributed by atoms with van der Waals surface area (Å²) in [6.07, 6.45) is 2.58. The van der Waals surface area contributed by atoms with Crippen molar-refractivity contribution in [2.24, 2.45) is 11.7 Å². The first-order chi connectivity index (χ1) is 18.0. The van der Waals surface area contributed by atoms with Crippen LogP contribution in [0.4, 0.5) is 0 Å². The highest BCUT2D eigenvalue weighted by atomic mass is 16.4. The number of amides is 3. The van der Waals surface area contributed by atoms with Gasteiger partial charge in [0.1, 0.15) is 18.1 Å². The summed E-state index contributed by atoms with van der Waals surface area (Å²) in [6.45, 7) is 3.71. The van der Waals surface area contributed by atoms with E-state index in [0.717, 1.165) is 5.56 Å². The van der Waals surface area contributed by atoms with Crippen LogP contribution < -0.4 is 21.7 Å². The molecule has 5 atom stereocenters. The summed E-state index contributed by atoms with van der Waals surface area (Å²) in [5.74, 6) is -5.25. The molecule has 2 rings (SSSR count). The number of nitrogens with one attached hydrogen (secondary N) is 4. The summed E-state index contributed by atoms with van der Waals surface area (Å²) in [5.41, 5.74) is 7.25. The van der Waals surface area contributed by atoms with E-state index >= 15 is 0 Å². The van der Waals surface area contributed by atoms with Crippen molar-refractivity contribution < 1.29 is 34.2 Å². The molecule has 0 radical (unpaired) electrons. The number of carboxylic acid groups (broad SMARTS) is 2. The molecule has 8 N–H and O–H groups in total. The molecule has 0 aliphatic heterocycles. The Morgan fingerprint density at radius 1 is 0.921 bits per heavy atom. The molecule has 2 aromatic rings. The quantitative estimate of drug-likeness (QED) is 0.159. The number of rotatable bonds is 15. The Morgan fingerprint density at radius 3 is 2.03 bits per heavy atom. The second kappa shape index (κ2) is 14.5. The minimum atomic E-state index is -1.71. The molecule has 13 nitrogen and oxygen atoms in total. The Morgan fingerprint density at radius 2 is 1.50 bits per heavy atom. The molecule has 13 heteroatoms. The standard InChI is InChI=1S/C25H34N6O7/c1-3-14(2)21(26)24(36)30-17(9-15-7-5-4-6-8-15)22(34)29-18(10-16-12-27-13-28-16)23(35)31-19(25(37)38)11-20(32)33/h4-8,12-14,17-19,21H,3,9-11,26H2,1-2H3,(H,27,28)(H,29,34)(H,30,36)(H,31,35)(H,32,33)(H,37,38)/t14-,17+,18-,19+,21-/m0/s1. The van der Waals surface area contributed by atoms with E-state index in [9.17, 15) is 29.1 Å². The third-order valence-electron chi connectivity index (χ3n) is 6.08. The number of carboxylic acids is 2. The van der Waals surface area contributed by atoms with E-state index in [4.69, 9.17) is 10.8 Å². The Balaban J connectivity index is 2.28. The maximum atomic E-state index is 13.4. The first-order valence-corrected chi connectivity index (χ1v) is 12.1. The lowest BCUT2D eigenvalue weighted by Crippen LogP contribution is -2.58. The minimum Gasteiger partial charge on any atom is -0.481 e. The third-order valence-corrected chi connectivity index (χ3v) is 6.08. The molecule has 0 saturated heterocycles. The van der Waals surface area contributed by atoms with Gasteiger partial charge in [-0.3, -0.25) is 19.2 Å². The average molecular weight is 531 g/mol. The van der Waals surface area contributed by atoms with E-state index in [1.165, 1.54) is 12.5 Å². The first-order valence-electron chi connectivity index (χ1n) is 12.1. The molecular formula is C25H34N6O7. The average Bonchev–Trinajstić information content (AvgIpc) is 3.39. The number of carbonyl (C=O) groups excluding carboxylic acids is 3. The molecule has 1 heterocycles. The number of H-pyrrole nitrogens is 1. The molecule has 0 spiro atoms. The van der Waals surface area contributed by atoms with Crippen molar-refractivity contribution in [3.63, 3.8) is 0 Å². The summed E-state index contributed by atoms with van der Waals surface area (Å²) in [5, 5.41) is 25.7. The van der Waals surface area contributed by atoms with Crippen LogP contribution in [0.2, 0.25) is 0 Å². The van der Waals surface area contributed by atoms with Crippen LogP contribution in [0.15, 0.2) is 42.9 Å². The number of nitrogens with zero attached hydrogens (tertiary/aromatic N) is 1. The number of aromatic nitrogens is 2. The number of carbonyl (C=O) groups is 5. The zero-order valence-corrected chi connectivity index (χ0v) is 21.2. The van der Waals surface area contributed by atoms with Crippen molar-refractivity contribution >= 4 is 29.7 Å². The highest BCUT2D eigenvalue weighted by molar-refractivity contribution is 5.95. The first kappa shape index (κ1) is 30.0. The lowest BCUT2D eigenvalue weighted by Gasteiger charge is -2.26. The molecule has 0 fully saturated rings. The van der Waals surface area contributed by atoms with Crippen molar-refractivity contribution in [1.82, 2.24) is 25.9 Å². The van der Waals surface area contributed by atoms with Crippen LogP contribution in [0.25, 0.3) is 0 Å². The fourth-order valence-electron chi connectivity index (χ4n) is 3.58. The SMILES string of the molecule is CC[C@H](C)[C@H](N)C(=O)N[C@H](Cc1ccccc1)C(=O)N[C@@H](Cc1cnc[nH]1)C(=O)N[C@H](CC(=O)O)C(=O)O. The van der Waals surface area contributed by atoms with E-state index < -0.39 is 60.2 Å². The maximum absolute atomic E-state index is 13.4. The largest absolute Gasteiger partial charge is 0.481 e. The predicted octanol–water partition coefficient (Wildman–Crippen LogP) is -0.418. The van der Waals surface area contributed by atoms with Crippen LogP contribution in [-0.2, 0) is 36.8 Å². The van der Waals surface area contributed by atoms with E-state index in [0.29, 0.717) is 12.1 Å². The molecule has 206 valence electrons. The second-order valence-electron chi connectivity index (χ2n) is 9.00. The molecule has 38 heavy (non-hydrogen) atoms. The van der Waals surface area contributed by atoms with Crippen LogP contribution in [0.5, 0.6) is 0 Å². The van der Waals surface area contributed by atoms with E-state index in [1.807, 2.05) is 13.8 Å². The summed E-state index contributed by atoms with van der Waals surface area (Å²) in [7, 11) is 0. The molecular weight excluding hydrogens is 496 g/mol. The summed E-state index contributed by atoms with van der Waals surface area (Å²) >= 11 is 0. The lowest BCUT2D eigenvalue weighted by molar-refractivity contribution is -0.147. The van der Waals surface area contributed by atoms with Gasteiger partial charge in [-0.2, -0.15) is 0 Å². The Kier molecular flexibility index (Phi) is 11.4. The molecule has 0 unspecified atom stereocenters. The number of aliphatic carboxylic acids is 2. The Labute approximate surface area is 219 Å². The number of benzene rings is 1. The predicted molar refractivity (Wildman–Crippen MR) is 136 cm³/mol. The van der Waals surface area contributed by atoms with Crippen LogP contribution >= 0.6 is 0 Å². The number of imidazole rings is 1. The van der Waals surface area contributed by atoms with Gasteiger partial charge in [-0.1, -0.05) is 50.6 Å². The Bertz CT molecular complexity index is 1090. The number of hydrogen-bond acceptors (Lipinski definition) is 7. The van der Waals surface area contributed by atoms with Gasteiger partial charge in [-0.25, -0.2) is 9.78 Å². The number of aromatic amines is 1. The fraction of sp³-hybridized carbons (Fsp3) is 0.440. The van der Waals surface area contributed by atoms with Gasteiger partial charge in [0.2, 0.25) is 17.7 Å². The summed E-state index contributed by atoms with van der Waals surface area (Å²) in [4.78, 5) is 68.4. The molecule has 0 aliphatic rings. The van der Waals surface area contributed by atoms with Crippen LogP contribution in [0, 0.1) is 5.92 Å². The van der Waals surface area contributed by atoms with Gasteiger partial charge >= 0.3 is 11.9 Å². The highest BCUT2D eigenvalue weighted by Gasteiger charge is 2.32. The third kappa shape index (κ3) is 9.32. The topological polar surface area (TPSA) is 217 Å². The zero-order chi connectivity index (χ0) is 28.2. The van der Waals surface area contributed by atoms with Crippen molar-refractivity contribution in [2.75, 3.05) is 0 Å². The van der Waals surface area contributed by atoms with E-state index in [1.54, 1.807) is 30.3 Å². The molecule has 3 amide bonds. The molecule has 1 aromatic carbocycles. The van der Waals surface area contributed by atoms with E-state index in [-0.39, 0.29) is 18.8 Å². The highest BCUT2D eigenvalue weighted by Crippen LogP contribution is 2.09. The Hall–Kier alpha value is -4.26. The van der Waals surface area contributed by atoms with Crippen molar-refractivity contribution in [3.05, 3.63) is 54.1 Å². The zero-order valence-electron chi connectivity index (χ0n) is 21.2. The van der Waals surface area contributed by atoms with Crippen LogP contribution in [-0.4, -0.2) is 74.0 Å². The van der Waals surface area contributed by atoms with Crippen molar-refractivity contribution in [1.29, 1.82) is 0 Å². The van der Waals surface area contributed by atoms with Gasteiger partial charge in [0.05, 0.1) is 18.8 Å². The van der Waals surface area contributed by atoms with Gasteiger partial charge in [-0.05, 0) is 11.5 Å². The molecule has 0 bridgehead atoms. The minimum absolute atomic E-state index is 0.0980. The van der Waals surface area contributed by atoms with Crippen molar-refractivity contribution in [2.45, 2.75) is 63.7 Å². The van der Waals surface area contributed by atoms with Crippen molar-refractivity contribution in [3.8, 4) is 0 Å². The van der Waals surface area contributed by atoms with E-state index in [2.05, 4.69) is 25.9 Å². The van der Waals surface area contributed by atoms with Gasteiger partial charge < -0.3 is 36.9 Å². The lowest BCUT2D eigenvalue weighted by atomic mass is 9.98. The van der Waals surface area contributed by atoms with Gasteiger partial charge in [0.25, 0.3) is 0 Å². The summed E-state index contributed by atoms with van der Waals surface area (Å²) in [6, 6.07) is 3.93. The van der Waals surface area contributed by atoms with Crippen LogP contribution in [0.1, 0.15) is 37.9 Å². The van der Waals surface area contributed by atoms with Gasteiger partial charge in [0, 0.05) is 24.7 Å². The summed E-state index contributed by atoms with van der Waals surface area (Å²) < 4.78 is 0. The maximum Gasteiger partial charge on any atom is 0.326 e. The fourth-order valence-corrected chi connectivity index (χ4v) is 3.58.